The number of hydrogen-bond acceptors (Lipinski definition) is 5. The van der Waals surface area contributed by atoms with Crippen LogP contribution in [0.3, 0.4) is 0 Å². The van der Waals surface area contributed by atoms with Crippen molar-refractivity contribution in [2.24, 2.45) is 0 Å². The lowest BCUT2D eigenvalue weighted by Gasteiger charge is -2.32. The van der Waals surface area contributed by atoms with Crippen molar-refractivity contribution in [3.63, 3.8) is 0 Å². The van der Waals surface area contributed by atoms with E-state index in [2.05, 4.69) is 15.3 Å². The summed E-state index contributed by atoms with van der Waals surface area (Å²) in [5.41, 5.74) is 1.58. The summed E-state index contributed by atoms with van der Waals surface area (Å²) in [6, 6.07) is 17.3. The first-order chi connectivity index (χ1) is 14.7. The van der Waals surface area contributed by atoms with Crippen molar-refractivity contribution < 1.29 is 9.53 Å². The Morgan fingerprint density at radius 2 is 1.83 bits per heavy atom. The second-order valence-corrected chi connectivity index (χ2v) is 7.69. The SMILES string of the molecule is COc1ccccc1-n1cnn(CN2CCC(NC(=O)c3ccccc3)CC2)c1=S. The number of carbonyl (C=O) groups is 1. The second kappa shape index (κ2) is 9.23. The standard InChI is InChI=1S/C22H25N5O2S/c1-29-20-10-6-5-9-19(20)26-15-23-27(22(26)30)16-25-13-11-18(12-14-25)24-21(28)17-7-3-2-4-8-17/h2-10,15,18H,11-14,16H2,1H3,(H,24,28). The van der Waals surface area contributed by atoms with Gasteiger partial charge in [0.15, 0.2) is 0 Å². The van der Waals surface area contributed by atoms with Crippen LogP contribution in [0.5, 0.6) is 5.75 Å². The van der Waals surface area contributed by atoms with E-state index in [4.69, 9.17) is 17.0 Å². The number of benzene rings is 2. The van der Waals surface area contributed by atoms with E-state index >= 15 is 0 Å². The molecular formula is C22H25N5O2S. The van der Waals surface area contributed by atoms with Gasteiger partial charge in [-0.25, -0.2) is 4.68 Å². The van der Waals surface area contributed by atoms with Crippen molar-refractivity contribution in [2.75, 3.05) is 20.2 Å². The monoisotopic (exact) mass is 423 g/mol. The summed E-state index contributed by atoms with van der Waals surface area (Å²) in [6.07, 6.45) is 3.53. The number of carbonyl (C=O) groups excluding carboxylic acids is 1. The van der Waals surface area contributed by atoms with Crippen LogP contribution >= 0.6 is 12.2 Å². The fourth-order valence-corrected chi connectivity index (χ4v) is 3.94. The molecule has 8 heteroatoms. The third-order valence-electron chi connectivity index (χ3n) is 5.37. The Balaban J connectivity index is 1.35. The average Bonchev–Trinajstić information content (AvgIpc) is 3.15. The Labute approximate surface area is 180 Å². The number of likely N-dealkylation sites (tertiary alicyclic amines) is 1. The van der Waals surface area contributed by atoms with Crippen LogP contribution in [0.2, 0.25) is 0 Å². The van der Waals surface area contributed by atoms with Crippen LogP contribution < -0.4 is 10.1 Å². The van der Waals surface area contributed by atoms with E-state index in [0.29, 0.717) is 17.0 Å². The van der Waals surface area contributed by atoms with E-state index in [1.54, 1.807) is 13.4 Å². The van der Waals surface area contributed by atoms with Gasteiger partial charge in [0, 0.05) is 24.7 Å². The number of nitrogens with zero attached hydrogens (tertiary/aromatic N) is 4. The number of para-hydroxylation sites is 2. The minimum Gasteiger partial charge on any atom is -0.495 e. The Morgan fingerprint density at radius 3 is 2.57 bits per heavy atom. The third kappa shape index (κ3) is 4.44. The molecule has 0 radical (unpaired) electrons. The first-order valence-corrected chi connectivity index (χ1v) is 10.4. The zero-order valence-electron chi connectivity index (χ0n) is 16.9. The molecule has 1 amide bonds. The molecule has 0 spiro atoms. The van der Waals surface area contributed by atoms with E-state index < -0.39 is 0 Å². The van der Waals surface area contributed by atoms with E-state index in [1.165, 1.54) is 0 Å². The number of aromatic nitrogens is 3. The number of methoxy groups -OCH3 is 1. The van der Waals surface area contributed by atoms with Gasteiger partial charge in [-0.1, -0.05) is 30.3 Å². The molecule has 7 nitrogen and oxygen atoms in total. The molecule has 1 aromatic heterocycles. The molecule has 0 aliphatic carbocycles. The van der Waals surface area contributed by atoms with E-state index in [0.717, 1.165) is 37.4 Å². The fourth-order valence-electron chi connectivity index (χ4n) is 3.69. The van der Waals surface area contributed by atoms with Gasteiger partial charge in [-0.15, -0.1) is 0 Å². The van der Waals surface area contributed by atoms with Crippen LogP contribution in [-0.4, -0.2) is 51.4 Å². The summed E-state index contributed by atoms with van der Waals surface area (Å²) in [7, 11) is 1.65. The highest BCUT2D eigenvalue weighted by atomic mass is 32.1. The molecular weight excluding hydrogens is 398 g/mol. The van der Waals surface area contributed by atoms with Gasteiger partial charge in [-0.3, -0.25) is 14.3 Å². The highest BCUT2D eigenvalue weighted by molar-refractivity contribution is 7.71. The van der Waals surface area contributed by atoms with Crippen molar-refractivity contribution in [3.05, 3.63) is 71.3 Å². The molecule has 4 rings (SSSR count). The first-order valence-electron chi connectivity index (χ1n) is 10.0. The van der Waals surface area contributed by atoms with Gasteiger partial charge < -0.3 is 10.1 Å². The summed E-state index contributed by atoms with van der Waals surface area (Å²) in [5, 5.41) is 7.62. The lowest BCUT2D eigenvalue weighted by Crippen LogP contribution is -2.45. The van der Waals surface area contributed by atoms with Crippen LogP contribution in [0.25, 0.3) is 5.69 Å². The van der Waals surface area contributed by atoms with Gasteiger partial charge >= 0.3 is 0 Å². The maximum atomic E-state index is 12.4. The Morgan fingerprint density at radius 1 is 1.13 bits per heavy atom. The molecule has 1 aliphatic heterocycles. The zero-order valence-corrected chi connectivity index (χ0v) is 17.7. The van der Waals surface area contributed by atoms with Gasteiger partial charge in [-0.05, 0) is 49.3 Å². The van der Waals surface area contributed by atoms with Crippen LogP contribution in [0.4, 0.5) is 0 Å². The van der Waals surface area contributed by atoms with Crippen LogP contribution in [0, 0.1) is 4.77 Å². The number of amides is 1. The maximum Gasteiger partial charge on any atom is 0.251 e. The number of hydrogen-bond donors (Lipinski definition) is 1. The highest BCUT2D eigenvalue weighted by Crippen LogP contribution is 2.22. The van der Waals surface area contributed by atoms with Crippen LogP contribution in [-0.2, 0) is 6.67 Å². The Hall–Kier alpha value is -2.97. The minimum absolute atomic E-state index is 0.00757. The topological polar surface area (TPSA) is 64.3 Å². The molecule has 1 saturated heterocycles. The number of rotatable bonds is 6. The molecule has 0 unspecified atom stereocenters. The molecule has 0 saturated carbocycles. The molecule has 3 aromatic rings. The highest BCUT2D eigenvalue weighted by Gasteiger charge is 2.22. The summed E-state index contributed by atoms with van der Waals surface area (Å²) >= 11 is 5.64. The average molecular weight is 424 g/mol. The van der Waals surface area contributed by atoms with E-state index in [1.807, 2.05) is 63.8 Å². The summed E-state index contributed by atoms with van der Waals surface area (Å²) < 4.78 is 9.75. The number of piperidine rings is 1. The van der Waals surface area contributed by atoms with Crippen molar-refractivity contribution in [1.82, 2.24) is 24.6 Å². The van der Waals surface area contributed by atoms with Crippen LogP contribution in [0.15, 0.2) is 60.9 Å². The van der Waals surface area contributed by atoms with Gasteiger partial charge in [0.1, 0.15) is 12.1 Å². The number of ether oxygens (including phenoxy) is 1. The predicted octanol–water partition coefficient (Wildman–Crippen LogP) is 3.26. The van der Waals surface area contributed by atoms with Gasteiger partial charge in [0.2, 0.25) is 4.77 Å². The molecule has 0 bridgehead atoms. The Bertz CT molecular complexity index is 1050. The van der Waals surface area contributed by atoms with Gasteiger partial charge in [0.25, 0.3) is 5.91 Å². The summed E-state index contributed by atoms with van der Waals surface area (Å²) in [6.45, 7) is 2.38. The van der Waals surface area contributed by atoms with Crippen molar-refractivity contribution in [1.29, 1.82) is 0 Å². The quantitative estimate of drug-likeness (QED) is 0.617. The van der Waals surface area contributed by atoms with Gasteiger partial charge in [0.05, 0.1) is 19.5 Å². The minimum atomic E-state index is -0.00757. The largest absolute Gasteiger partial charge is 0.495 e. The van der Waals surface area contributed by atoms with Gasteiger partial charge in [-0.2, -0.15) is 5.10 Å². The molecule has 156 valence electrons. The molecule has 1 fully saturated rings. The molecule has 1 N–H and O–H groups in total. The smallest absolute Gasteiger partial charge is 0.251 e. The first kappa shape index (κ1) is 20.3. The molecule has 2 aromatic carbocycles. The zero-order chi connectivity index (χ0) is 20.9. The maximum absolute atomic E-state index is 12.4. The molecule has 2 heterocycles. The summed E-state index contributed by atoms with van der Waals surface area (Å²) in [5.74, 6) is 0.745. The molecule has 0 atom stereocenters. The fraction of sp³-hybridized carbons (Fsp3) is 0.318. The Kier molecular flexibility index (Phi) is 6.25. The number of nitrogens with one attached hydrogen (secondary N) is 1. The molecule has 30 heavy (non-hydrogen) atoms. The summed E-state index contributed by atoms with van der Waals surface area (Å²) in [4.78, 5) is 14.7. The van der Waals surface area contributed by atoms with Crippen molar-refractivity contribution >= 4 is 18.1 Å². The second-order valence-electron chi connectivity index (χ2n) is 7.33. The molecule has 1 aliphatic rings. The predicted molar refractivity (Wildman–Crippen MR) is 117 cm³/mol. The van der Waals surface area contributed by atoms with Crippen LogP contribution in [0.1, 0.15) is 23.2 Å². The lowest BCUT2D eigenvalue weighted by molar-refractivity contribution is 0.0896. The van der Waals surface area contributed by atoms with Crippen molar-refractivity contribution in [3.8, 4) is 11.4 Å². The van der Waals surface area contributed by atoms with Crippen molar-refractivity contribution in [2.45, 2.75) is 25.6 Å². The van der Waals surface area contributed by atoms with E-state index in [9.17, 15) is 4.79 Å². The van der Waals surface area contributed by atoms with E-state index in [-0.39, 0.29) is 11.9 Å². The third-order valence-corrected chi connectivity index (χ3v) is 5.78. The lowest BCUT2D eigenvalue weighted by atomic mass is 10.0. The normalized spacial score (nSPS) is 15.1.